The molecule has 1 aliphatic heterocycles. The van der Waals surface area contributed by atoms with Gasteiger partial charge in [-0.15, -0.1) is 0 Å². The smallest absolute Gasteiger partial charge is 0.338 e. The number of nitro benzene ring substituents is 1. The van der Waals surface area contributed by atoms with Crippen molar-refractivity contribution in [3.8, 4) is 0 Å². The second-order valence-corrected chi connectivity index (χ2v) is 7.14. The molecule has 1 unspecified atom stereocenters. The van der Waals surface area contributed by atoms with Crippen molar-refractivity contribution in [2.24, 2.45) is 0 Å². The van der Waals surface area contributed by atoms with Gasteiger partial charge >= 0.3 is 5.97 Å². The van der Waals surface area contributed by atoms with Gasteiger partial charge in [0, 0.05) is 17.7 Å². The Kier molecular flexibility index (Phi) is 6.12. The Hall–Kier alpha value is -4.19. The molecule has 0 amide bonds. The summed E-state index contributed by atoms with van der Waals surface area (Å²) >= 11 is 0. The minimum absolute atomic E-state index is 0.0292. The third kappa shape index (κ3) is 4.30. The van der Waals surface area contributed by atoms with Crippen LogP contribution >= 0.6 is 0 Å². The Balaban J connectivity index is 1.85. The van der Waals surface area contributed by atoms with E-state index in [1.165, 1.54) is 12.1 Å². The number of carbonyl (C=O) groups is 1. The van der Waals surface area contributed by atoms with Crippen molar-refractivity contribution in [2.75, 3.05) is 6.61 Å². The third-order valence-corrected chi connectivity index (χ3v) is 5.10. The quantitative estimate of drug-likeness (QED) is 0.290. The molecule has 0 aliphatic carbocycles. The van der Waals surface area contributed by atoms with Crippen LogP contribution in [0.2, 0.25) is 0 Å². The van der Waals surface area contributed by atoms with E-state index in [9.17, 15) is 14.9 Å². The molecule has 0 saturated heterocycles. The summed E-state index contributed by atoms with van der Waals surface area (Å²) in [6.45, 7) is 1.97. The van der Waals surface area contributed by atoms with Crippen molar-refractivity contribution in [3.63, 3.8) is 0 Å². The highest BCUT2D eigenvalue weighted by Gasteiger charge is 2.33. The topological polar surface area (TPSA) is 78.7 Å². The Bertz CT molecular complexity index is 1140. The molecule has 0 spiro atoms. The van der Waals surface area contributed by atoms with E-state index < -0.39 is 17.0 Å². The third-order valence-electron chi connectivity index (χ3n) is 5.10. The molecule has 0 saturated carbocycles. The SMILES string of the molecule is CCOC(=O)C1=CC(=C(c2ccccc2)c2ccccc2)OC1c1ccc([N+](=O)[O-])cc1. The number of allylic oxidation sites excluding steroid dienone is 1. The molecule has 1 heterocycles. The molecule has 0 bridgehead atoms. The molecule has 32 heavy (non-hydrogen) atoms. The first-order chi connectivity index (χ1) is 15.6. The maximum Gasteiger partial charge on any atom is 0.338 e. The molecule has 0 aromatic heterocycles. The first-order valence-corrected chi connectivity index (χ1v) is 10.2. The molecule has 0 radical (unpaired) electrons. The second kappa shape index (κ2) is 9.31. The summed E-state index contributed by atoms with van der Waals surface area (Å²) in [6.07, 6.45) is 0.978. The van der Waals surface area contributed by atoms with Crippen LogP contribution in [0.25, 0.3) is 5.57 Å². The summed E-state index contributed by atoms with van der Waals surface area (Å²) in [5.41, 5.74) is 3.68. The van der Waals surface area contributed by atoms with Crippen LogP contribution in [0.1, 0.15) is 29.7 Å². The number of hydrogen-bond donors (Lipinski definition) is 0. The average Bonchev–Trinajstić information content (AvgIpc) is 3.26. The van der Waals surface area contributed by atoms with E-state index >= 15 is 0 Å². The minimum atomic E-state index is -0.729. The van der Waals surface area contributed by atoms with Crippen LogP contribution < -0.4 is 0 Å². The number of ether oxygens (including phenoxy) is 2. The summed E-state index contributed by atoms with van der Waals surface area (Å²) < 4.78 is 11.6. The molecule has 4 rings (SSSR count). The van der Waals surface area contributed by atoms with Crippen LogP contribution in [-0.2, 0) is 14.3 Å². The van der Waals surface area contributed by atoms with E-state index in [0.29, 0.717) is 16.9 Å². The highest BCUT2D eigenvalue weighted by molar-refractivity contribution is 5.93. The number of nitrogens with zero attached hydrogens (tertiary/aromatic N) is 1. The van der Waals surface area contributed by atoms with E-state index in [4.69, 9.17) is 9.47 Å². The Morgan fingerprint density at radius 2 is 1.50 bits per heavy atom. The van der Waals surface area contributed by atoms with E-state index in [0.717, 1.165) is 16.7 Å². The number of nitro groups is 1. The highest BCUT2D eigenvalue weighted by Crippen LogP contribution is 2.41. The molecule has 1 aliphatic rings. The highest BCUT2D eigenvalue weighted by atomic mass is 16.6. The van der Waals surface area contributed by atoms with Gasteiger partial charge in [-0.05, 0) is 41.8 Å². The summed E-state index contributed by atoms with van der Waals surface area (Å²) in [5, 5.41) is 11.0. The molecular weight excluding hydrogens is 406 g/mol. The fraction of sp³-hybridized carbons (Fsp3) is 0.115. The maximum atomic E-state index is 12.7. The van der Waals surface area contributed by atoms with Gasteiger partial charge in [0.05, 0.1) is 17.1 Å². The van der Waals surface area contributed by atoms with Gasteiger partial charge in [0.15, 0.2) is 6.10 Å². The van der Waals surface area contributed by atoms with E-state index in [1.807, 2.05) is 60.7 Å². The lowest BCUT2D eigenvalue weighted by molar-refractivity contribution is -0.384. The van der Waals surface area contributed by atoms with Crippen LogP contribution in [0.3, 0.4) is 0 Å². The second-order valence-electron chi connectivity index (χ2n) is 7.14. The van der Waals surface area contributed by atoms with Gasteiger partial charge in [0.1, 0.15) is 5.76 Å². The van der Waals surface area contributed by atoms with Gasteiger partial charge < -0.3 is 9.47 Å². The number of non-ortho nitro benzene ring substituents is 1. The zero-order valence-electron chi connectivity index (χ0n) is 17.4. The van der Waals surface area contributed by atoms with Gasteiger partial charge in [-0.3, -0.25) is 10.1 Å². The molecule has 160 valence electrons. The molecule has 3 aromatic carbocycles. The lowest BCUT2D eigenvalue weighted by Gasteiger charge is -2.17. The summed E-state index contributed by atoms with van der Waals surface area (Å²) in [4.78, 5) is 23.3. The first kappa shape index (κ1) is 21.1. The minimum Gasteiger partial charge on any atom is -0.480 e. The molecule has 6 heteroatoms. The van der Waals surface area contributed by atoms with Gasteiger partial charge in [-0.1, -0.05) is 60.7 Å². The van der Waals surface area contributed by atoms with Crippen LogP contribution in [0.4, 0.5) is 5.69 Å². The molecule has 6 nitrogen and oxygen atoms in total. The van der Waals surface area contributed by atoms with Crippen molar-refractivity contribution in [1.82, 2.24) is 0 Å². The number of rotatable bonds is 6. The van der Waals surface area contributed by atoms with Gasteiger partial charge in [0.2, 0.25) is 0 Å². The van der Waals surface area contributed by atoms with E-state index in [1.54, 1.807) is 25.1 Å². The molecule has 1 atom stereocenters. The zero-order chi connectivity index (χ0) is 22.5. The molecule has 3 aromatic rings. The fourth-order valence-electron chi connectivity index (χ4n) is 3.63. The van der Waals surface area contributed by atoms with Crippen molar-refractivity contribution in [1.29, 1.82) is 0 Å². The Morgan fingerprint density at radius 1 is 0.938 bits per heavy atom. The summed E-state index contributed by atoms with van der Waals surface area (Å²) in [6, 6.07) is 25.6. The standard InChI is InChI=1S/C26H21NO5/c1-2-31-26(28)22-17-23(32-25(22)20-13-15-21(16-14-20)27(29)30)24(18-9-5-3-6-10-18)19-11-7-4-8-12-19/h3-17,25H,2H2,1H3. The number of hydrogen-bond acceptors (Lipinski definition) is 5. The van der Waals surface area contributed by atoms with E-state index in [-0.39, 0.29) is 12.3 Å². The van der Waals surface area contributed by atoms with E-state index in [2.05, 4.69) is 0 Å². The van der Waals surface area contributed by atoms with Crippen LogP contribution in [0.15, 0.2) is 102 Å². The van der Waals surface area contributed by atoms with Crippen LogP contribution in [0, 0.1) is 10.1 Å². The Labute approximate surface area is 185 Å². The zero-order valence-corrected chi connectivity index (χ0v) is 17.4. The van der Waals surface area contributed by atoms with Crippen LogP contribution in [-0.4, -0.2) is 17.5 Å². The molecule has 0 fully saturated rings. The van der Waals surface area contributed by atoms with Gasteiger partial charge in [0.25, 0.3) is 5.69 Å². The number of benzene rings is 3. The lowest BCUT2D eigenvalue weighted by Crippen LogP contribution is -2.13. The number of carbonyl (C=O) groups excluding carboxylic acids is 1. The first-order valence-electron chi connectivity index (χ1n) is 10.2. The predicted octanol–water partition coefficient (Wildman–Crippen LogP) is 5.62. The monoisotopic (exact) mass is 427 g/mol. The number of esters is 1. The summed E-state index contributed by atoms with van der Waals surface area (Å²) in [7, 11) is 0. The molecular formula is C26H21NO5. The molecule has 0 N–H and O–H groups in total. The van der Waals surface area contributed by atoms with Gasteiger partial charge in [-0.25, -0.2) is 4.79 Å². The van der Waals surface area contributed by atoms with Crippen molar-refractivity contribution >= 4 is 17.2 Å². The normalized spacial score (nSPS) is 15.0. The van der Waals surface area contributed by atoms with Crippen molar-refractivity contribution < 1.29 is 19.2 Å². The average molecular weight is 427 g/mol. The van der Waals surface area contributed by atoms with Crippen molar-refractivity contribution in [3.05, 3.63) is 129 Å². The predicted molar refractivity (Wildman–Crippen MR) is 121 cm³/mol. The maximum absolute atomic E-state index is 12.7. The lowest BCUT2D eigenvalue weighted by atomic mass is 9.96. The van der Waals surface area contributed by atoms with Crippen LogP contribution in [0.5, 0.6) is 0 Å². The largest absolute Gasteiger partial charge is 0.480 e. The Morgan fingerprint density at radius 3 is 2.00 bits per heavy atom. The summed E-state index contributed by atoms with van der Waals surface area (Å²) in [5.74, 6) is 0.0557. The van der Waals surface area contributed by atoms with Gasteiger partial charge in [-0.2, -0.15) is 0 Å². The fourth-order valence-corrected chi connectivity index (χ4v) is 3.63. The van der Waals surface area contributed by atoms with Crippen molar-refractivity contribution in [2.45, 2.75) is 13.0 Å².